The molecule has 0 saturated carbocycles. The Morgan fingerprint density at radius 2 is 1.96 bits per heavy atom. The zero-order valence-electron chi connectivity index (χ0n) is 14.8. The van der Waals surface area contributed by atoms with Crippen LogP contribution < -0.4 is 4.74 Å². The lowest BCUT2D eigenvalue weighted by Crippen LogP contribution is -2.26. The maximum atomic E-state index is 12.2. The van der Waals surface area contributed by atoms with Gasteiger partial charge in [-0.3, -0.25) is 9.69 Å². The number of carboxylic acids is 1. The SMILES string of the molecule is COc1ccc(C2C(C(=O)O)C(c3cccc4occc34)CN2C)cc1. The fourth-order valence-corrected chi connectivity index (χ4v) is 4.23. The molecule has 4 rings (SSSR count). The number of ether oxygens (including phenoxy) is 1. The van der Waals surface area contributed by atoms with E-state index in [4.69, 9.17) is 9.15 Å². The molecule has 1 fully saturated rings. The molecule has 2 heterocycles. The minimum atomic E-state index is -0.777. The third-order valence-electron chi connectivity index (χ3n) is 5.40. The van der Waals surface area contributed by atoms with Crippen molar-refractivity contribution in [3.05, 3.63) is 65.9 Å². The summed E-state index contributed by atoms with van der Waals surface area (Å²) in [5.74, 6) is -0.651. The summed E-state index contributed by atoms with van der Waals surface area (Å²) in [6.07, 6.45) is 1.66. The highest BCUT2D eigenvalue weighted by Crippen LogP contribution is 2.46. The molecule has 3 unspecified atom stereocenters. The molecule has 2 aromatic carbocycles. The number of fused-ring (bicyclic) bond motifs is 1. The quantitative estimate of drug-likeness (QED) is 0.772. The first-order chi connectivity index (χ1) is 12.6. The molecular formula is C21H21NO4. The molecule has 1 aromatic heterocycles. The minimum Gasteiger partial charge on any atom is -0.497 e. The van der Waals surface area contributed by atoms with E-state index in [-0.39, 0.29) is 12.0 Å². The molecule has 1 N–H and O–H groups in total. The smallest absolute Gasteiger partial charge is 0.309 e. The van der Waals surface area contributed by atoms with Gasteiger partial charge in [-0.2, -0.15) is 0 Å². The molecular weight excluding hydrogens is 330 g/mol. The average molecular weight is 351 g/mol. The first-order valence-electron chi connectivity index (χ1n) is 8.63. The molecule has 3 atom stereocenters. The Morgan fingerprint density at radius 3 is 2.65 bits per heavy atom. The molecule has 1 saturated heterocycles. The molecule has 1 aliphatic heterocycles. The van der Waals surface area contributed by atoms with Crippen LogP contribution in [0.3, 0.4) is 0 Å². The van der Waals surface area contributed by atoms with Crippen LogP contribution in [0.2, 0.25) is 0 Å². The van der Waals surface area contributed by atoms with Gasteiger partial charge < -0.3 is 14.3 Å². The summed E-state index contributed by atoms with van der Waals surface area (Å²) in [4.78, 5) is 14.4. The Labute approximate surface area is 151 Å². The molecule has 5 nitrogen and oxygen atoms in total. The maximum absolute atomic E-state index is 12.2. The lowest BCUT2D eigenvalue weighted by atomic mass is 9.82. The first-order valence-corrected chi connectivity index (χ1v) is 8.63. The van der Waals surface area contributed by atoms with Gasteiger partial charge in [-0.1, -0.05) is 24.3 Å². The fraction of sp³-hybridized carbons (Fsp3) is 0.286. The topological polar surface area (TPSA) is 62.9 Å². The van der Waals surface area contributed by atoms with Crippen molar-refractivity contribution < 1.29 is 19.1 Å². The van der Waals surface area contributed by atoms with Crippen LogP contribution in [0, 0.1) is 5.92 Å². The van der Waals surface area contributed by atoms with Gasteiger partial charge in [0.15, 0.2) is 0 Å². The van der Waals surface area contributed by atoms with Gasteiger partial charge in [0.25, 0.3) is 0 Å². The van der Waals surface area contributed by atoms with E-state index in [0.717, 1.165) is 27.8 Å². The molecule has 1 aliphatic rings. The van der Waals surface area contributed by atoms with Gasteiger partial charge >= 0.3 is 5.97 Å². The molecule has 134 valence electrons. The summed E-state index contributed by atoms with van der Waals surface area (Å²) >= 11 is 0. The van der Waals surface area contributed by atoms with Crippen LogP contribution in [0.25, 0.3) is 11.0 Å². The van der Waals surface area contributed by atoms with Gasteiger partial charge in [0.05, 0.1) is 19.3 Å². The number of rotatable bonds is 4. The van der Waals surface area contributed by atoms with Crippen molar-refractivity contribution in [2.24, 2.45) is 5.92 Å². The van der Waals surface area contributed by atoms with E-state index in [1.54, 1.807) is 13.4 Å². The number of hydrogen-bond donors (Lipinski definition) is 1. The summed E-state index contributed by atoms with van der Waals surface area (Å²) in [5.41, 5.74) is 2.82. The monoisotopic (exact) mass is 351 g/mol. The maximum Gasteiger partial charge on any atom is 0.309 e. The lowest BCUT2D eigenvalue weighted by molar-refractivity contribution is -0.143. The van der Waals surface area contributed by atoms with E-state index in [1.807, 2.05) is 55.6 Å². The van der Waals surface area contributed by atoms with E-state index in [1.165, 1.54) is 0 Å². The molecule has 5 heteroatoms. The summed E-state index contributed by atoms with van der Waals surface area (Å²) in [6.45, 7) is 0.679. The van der Waals surface area contributed by atoms with E-state index in [2.05, 4.69) is 4.90 Å². The number of benzene rings is 2. The van der Waals surface area contributed by atoms with Crippen molar-refractivity contribution in [1.82, 2.24) is 4.90 Å². The molecule has 3 aromatic rings. The number of aliphatic carboxylic acids is 1. The lowest BCUT2D eigenvalue weighted by Gasteiger charge is -2.24. The van der Waals surface area contributed by atoms with Crippen molar-refractivity contribution in [3.8, 4) is 5.75 Å². The van der Waals surface area contributed by atoms with Crippen molar-refractivity contribution in [2.45, 2.75) is 12.0 Å². The number of likely N-dealkylation sites (tertiary alicyclic amines) is 1. The van der Waals surface area contributed by atoms with Crippen LogP contribution in [-0.2, 0) is 4.79 Å². The number of hydrogen-bond acceptors (Lipinski definition) is 4. The van der Waals surface area contributed by atoms with Crippen LogP contribution in [0.4, 0.5) is 0 Å². The van der Waals surface area contributed by atoms with Gasteiger partial charge in [0.2, 0.25) is 0 Å². The summed E-state index contributed by atoms with van der Waals surface area (Å²) < 4.78 is 10.7. The van der Waals surface area contributed by atoms with Crippen LogP contribution in [-0.4, -0.2) is 36.7 Å². The predicted molar refractivity (Wildman–Crippen MR) is 98.4 cm³/mol. The van der Waals surface area contributed by atoms with E-state index in [0.29, 0.717) is 6.54 Å². The highest BCUT2D eigenvalue weighted by molar-refractivity contribution is 5.83. The molecule has 0 spiro atoms. The van der Waals surface area contributed by atoms with E-state index < -0.39 is 11.9 Å². The second-order valence-electron chi connectivity index (χ2n) is 6.81. The van der Waals surface area contributed by atoms with Crippen molar-refractivity contribution in [1.29, 1.82) is 0 Å². The summed E-state index contributed by atoms with van der Waals surface area (Å²) in [6, 6.07) is 15.3. The predicted octanol–water partition coefficient (Wildman–Crippen LogP) is 3.91. The number of furan rings is 1. The molecule has 0 radical (unpaired) electrons. The largest absolute Gasteiger partial charge is 0.497 e. The fourth-order valence-electron chi connectivity index (χ4n) is 4.23. The van der Waals surface area contributed by atoms with Crippen LogP contribution in [0.1, 0.15) is 23.1 Å². The third kappa shape index (κ3) is 2.65. The molecule has 0 amide bonds. The van der Waals surface area contributed by atoms with Gasteiger partial charge in [0.1, 0.15) is 11.3 Å². The number of nitrogens with zero attached hydrogens (tertiary/aromatic N) is 1. The Kier molecular flexibility index (Phi) is 4.17. The van der Waals surface area contributed by atoms with Crippen LogP contribution in [0.15, 0.2) is 59.2 Å². The minimum absolute atomic E-state index is 0.106. The van der Waals surface area contributed by atoms with Crippen molar-refractivity contribution >= 4 is 16.9 Å². The van der Waals surface area contributed by atoms with Gasteiger partial charge in [0, 0.05) is 23.9 Å². The van der Waals surface area contributed by atoms with Gasteiger partial charge in [-0.15, -0.1) is 0 Å². The Balaban J connectivity index is 1.77. The third-order valence-corrected chi connectivity index (χ3v) is 5.40. The average Bonchev–Trinajstić information content (AvgIpc) is 3.25. The van der Waals surface area contributed by atoms with Crippen molar-refractivity contribution in [2.75, 3.05) is 20.7 Å². The van der Waals surface area contributed by atoms with Crippen LogP contribution in [0.5, 0.6) is 5.75 Å². The highest BCUT2D eigenvalue weighted by Gasteiger charge is 2.46. The number of likely N-dealkylation sites (N-methyl/N-ethyl adjacent to an activating group) is 1. The second kappa shape index (κ2) is 6.50. The summed E-state index contributed by atoms with van der Waals surface area (Å²) in [5, 5.41) is 11.0. The van der Waals surface area contributed by atoms with E-state index in [9.17, 15) is 9.90 Å². The number of carboxylic acid groups (broad SMARTS) is 1. The Morgan fingerprint density at radius 1 is 1.19 bits per heavy atom. The Bertz CT molecular complexity index is 931. The zero-order valence-corrected chi connectivity index (χ0v) is 14.8. The number of carbonyl (C=O) groups is 1. The highest BCUT2D eigenvalue weighted by atomic mass is 16.5. The van der Waals surface area contributed by atoms with Gasteiger partial charge in [-0.25, -0.2) is 0 Å². The molecule has 0 bridgehead atoms. The number of methoxy groups -OCH3 is 1. The normalized spacial score (nSPS) is 23.4. The standard InChI is InChI=1S/C21H21NO4/c1-22-12-17(15-4-3-5-18-16(15)10-11-26-18)19(21(23)24)20(22)13-6-8-14(25-2)9-7-13/h3-11,17,19-20H,12H2,1-2H3,(H,23,24). The van der Waals surface area contributed by atoms with Crippen LogP contribution >= 0.6 is 0 Å². The molecule has 0 aliphatic carbocycles. The van der Waals surface area contributed by atoms with Crippen molar-refractivity contribution in [3.63, 3.8) is 0 Å². The van der Waals surface area contributed by atoms with Gasteiger partial charge in [-0.05, 0) is 42.4 Å². The zero-order chi connectivity index (χ0) is 18.3. The first kappa shape index (κ1) is 16.7. The second-order valence-corrected chi connectivity index (χ2v) is 6.81. The summed E-state index contributed by atoms with van der Waals surface area (Å²) in [7, 11) is 3.61. The van der Waals surface area contributed by atoms with E-state index >= 15 is 0 Å². The molecule has 26 heavy (non-hydrogen) atoms. The Hall–Kier alpha value is -2.79.